The maximum atomic E-state index is 12.2. The van der Waals surface area contributed by atoms with Crippen LogP contribution in [0, 0.1) is 0 Å². The van der Waals surface area contributed by atoms with Crippen LogP contribution in [0.15, 0.2) is 72.8 Å². The highest BCUT2D eigenvalue weighted by atomic mass is 16.7. The minimum Gasteiger partial charge on any atom is -0.508 e. The molecule has 1 saturated heterocycles. The number of ether oxygens (including phenoxy) is 2. The fraction of sp³-hybridized carbons (Fsp3) is 0.355. The minimum atomic E-state index is -1.04. The molecule has 1 heterocycles. The number of anilines is 1. The predicted molar refractivity (Wildman–Crippen MR) is 151 cm³/mol. The van der Waals surface area contributed by atoms with Crippen molar-refractivity contribution >= 4 is 17.6 Å². The van der Waals surface area contributed by atoms with E-state index in [1.54, 1.807) is 42.5 Å². The summed E-state index contributed by atoms with van der Waals surface area (Å²) in [5, 5.41) is 41.5. The van der Waals surface area contributed by atoms with Gasteiger partial charge in [0.1, 0.15) is 5.75 Å². The predicted octanol–water partition coefficient (Wildman–Crippen LogP) is 3.90. The van der Waals surface area contributed by atoms with Gasteiger partial charge in [0, 0.05) is 37.2 Å². The SMILES string of the molecule is CN(CC1CC(c2ccc(CO)cc2)OC(c2cccc(NC(=O)CCC(=O)O)c2)O1)CC(O)c1cccc(O)c1. The number of phenols is 1. The zero-order chi connectivity index (χ0) is 29.4. The molecule has 5 N–H and O–H groups in total. The molecule has 3 aromatic rings. The van der Waals surface area contributed by atoms with Gasteiger partial charge in [-0.15, -0.1) is 0 Å². The standard InChI is InChI=1S/C31H36N2O8/c1-33(18-27(36)22-4-3-7-25(35)15-22)17-26-16-28(21-10-8-20(19-34)9-11-21)41-31(40-26)23-5-2-6-24(14-23)32-29(37)12-13-30(38)39/h2-11,14-15,26-28,31,34-36H,12-13,16-19H2,1H3,(H,32,37)(H,38,39). The van der Waals surface area contributed by atoms with Crippen molar-refractivity contribution in [1.82, 2.24) is 4.90 Å². The van der Waals surface area contributed by atoms with E-state index in [0.29, 0.717) is 36.3 Å². The quantitative estimate of drug-likeness (QED) is 0.221. The van der Waals surface area contributed by atoms with Gasteiger partial charge in [-0.2, -0.15) is 0 Å². The third-order valence-electron chi connectivity index (χ3n) is 6.88. The highest BCUT2D eigenvalue weighted by Crippen LogP contribution is 2.38. The Hall–Kier alpha value is -3.80. The van der Waals surface area contributed by atoms with Crippen LogP contribution in [-0.2, 0) is 25.7 Å². The summed E-state index contributed by atoms with van der Waals surface area (Å²) in [5.41, 5.74) is 3.53. The van der Waals surface area contributed by atoms with E-state index in [9.17, 15) is 24.9 Å². The van der Waals surface area contributed by atoms with Crippen LogP contribution in [0.2, 0.25) is 0 Å². The molecule has 41 heavy (non-hydrogen) atoms. The topological polar surface area (TPSA) is 149 Å². The van der Waals surface area contributed by atoms with Crippen molar-refractivity contribution in [2.75, 3.05) is 25.5 Å². The van der Waals surface area contributed by atoms with Crippen LogP contribution >= 0.6 is 0 Å². The summed E-state index contributed by atoms with van der Waals surface area (Å²) < 4.78 is 12.7. The summed E-state index contributed by atoms with van der Waals surface area (Å²) in [7, 11) is 1.89. The lowest BCUT2D eigenvalue weighted by atomic mass is 9.99. The van der Waals surface area contributed by atoms with E-state index in [2.05, 4.69) is 5.32 Å². The van der Waals surface area contributed by atoms with Gasteiger partial charge in [-0.25, -0.2) is 0 Å². The number of nitrogens with one attached hydrogen (secondary N) is 1. The summed E-state index contributed by atoms with van der Waals surface area (Å²) in [4.78, 5) is 24.9. The van der Waals surface area contributed by atoms with Crippen LogP contribution in [0.1, 0.15) is 60.0 Å². The number of carboxylic acid groups (broad SMARTS) is 1. The van der Waals surface area contributed by atoms with Crippen LogP contribution < -0.4 is 5.32 Å². The largest absolute Gasteiger partial charge is 0.508 e. The monoisotopic (exact) mass is 564 g/mol. The number of rotatable bonds is 12. The molecule has 4 unspecified atom stereocenters. The van der Waals surface area contributed by atoms with Gasteiger partial charge in [-0.05, 0) is 48.0 Å². The first-order chi connectivity index (χ1) is 19.7. The lowest BCUT2D eigenvalue weighted by molar-refractivity contribution is -0.252. The second-order valence-electron chi connectivity index (χ2n) is 10.2. The van der Waals surface area contributed by atoms with E-state index >= 15 is 0 Å². The van der Waals surface area contributed by atoms with E-state index in [4.69, 9.17) is 14.6 Å². The fourth-order valence-corrected chi connectivity index (χ4v) is 4.79. The van der Waals surface area contributed by atoms with E-state index in [-0.39, 0.29) is 37.4 Å². The fourth-order valence-electron chi connectivity index (χ4n) is 4.79. The van der Waals surface area contributed by atoms with Crippen molar-refractivity contribution in [3.8, 4) is 5.75 Å². The molecule has 0 aliphatic carbocycles. The Morgan fingerprint density at radius 2 is 1.76 bits per heavy atom. The Labute approximate surface area is 238 Å². The second kappa shape index (κ2) is 14.2. The Morgan fingerprint density at radius 1 is 1.00 bits per heavy atom. The summed E-state index contributed by atoms with van der Waals surface area (Å²) >= 11 is 0. The Bertz CT molecular complexity index is 1320. The molecule has 1 amide bonds. The normalized spacial score (nSPS) is 19.6. The molecule has 1 fully saturated rings. The third kappa shape index (κ3) is 8.84. The molecule has 3 aromatic carbocycles. The number of aliphatic hydroxyl groups excluding tert-OH is 2. The maximum Gasteiger partial charge on any atom is 0.303 e. The molecule has 0 bridgehead atoms. The van der Waals surface area contributed by atoms with Gasteiger partial charge in [0.15, 0.2) is 6.29 Å². The molecular weight excluding hydrogens is 528 g/mol. The second-order valence-corrected chi connectivity index (χ2v) is 10.2. The molecule has 1 aliphatic heterocycles. The van der Waals surface area contributed by atoms with E-state index in [1.807, 2.05) is 42.3 Å². The number of carbonyl (C=O) groups excluding carboxylic acids is 1. The number of aromatic hydroxyl groups is 1. The minimum absolute atomic E-state index is 0.0581. The number of carbonyl (C=O) groups is 2. The van der Waals surface area contributed by atoms with E-state index in [1.165, 1.54) is 0 Å². The highest BCUT2D eigenvalue weighted by molar-refractivity contribution is 5.92. The van der Waals surface area contributed by atoms with Crippen LogP contribution in [0.5, 0.6) is 5.75 Å². The van der Waals surface area contributed by atoms with Crippen molar-refractivity contribution in [1.29, 1.82) is 0 Å². The molecule has 4 atom stereocenters. The zero-order valence-electron chi connectivity index (χ0n) is 22.8. The summed E-state index contributed by atoms with van der Waals surface area (Å²) in [5.74, 6) is -1.35. The Balaban J connectivity index is 1.49. The number of aliphatic carboxylic acids is 1. The zero-order valence-corrected chi connectivity index (χ0v) is 22.8. The molecule has 4 rings (SSSR count). The molecule has 10 heteroatoms. The summed E-state index contributed by atoms with van der Waals surface area (Å²) in [6.45, 7) is 0.757. The van der Waals surface area contributed by atoms with Crippen molar-refractivity contribution in [3.63, 3.8) is 0 Å². The van der Waals surface area contributed by atoms with Crippen molar-refractivity contribution in [3.05, 3.63) is 95.1 Å². The first kappa shape index (κ1) is 30.2. The Morgan fingerprint density at radius 3 is 2.46 bits per heavy atom. The molecule has 0 saturated carbocycles. The van der Waals surface area contributed by atoms with Crippen molar-refractivity contribution < 1.29 is 39.5 Å². The lowest BCUT2D eigenvalue weighted by Crippen LogP contribution is -2.39. The van der Waals surface area contributed by atoms with Crippen LogP contribution in [0.25, 0.3) is 0 Å². The van der Waals surface area contributed by atoms with Crippen LogP contribution in [-0.4, -0.2) is 63.4 Å². The number of amides is 1. The molecular formula is C31H36N2O8. The number of nitrogens with zero attached hydrogens (tertiary/aromatic N) is 1. The average molecular weight is 565 g/mol. The number of carboxylic acids is 1. The van der Waals surface area contributed by atoms with E-state index in [0.717, 1.165) is 11.1 Å². The van der Waals surface area contributed by atoms with E-state index < -0.39 is 24.3 Å². The first-order valence-electron chi connectivity index (χ1n) is 13.5. The molecule has 1 aliphatic rings. The summed E-state index contributed by atoms with van der Waals surface area (Å²) in [6.07, 6.45) is -1.98. The molecule has 0 aromatic heterocycles. The number of benzene rings is 3. The number of hydrogen-bond acceptors (Lipinski definition) is 8. The van der Waals surface area contributed by atoms with Gasteiger partial charge in [0.2, 0.25) is 5.91 Å². The lowest BCUT2D eigenvalue weighted by Gasteiger charge is -2.38. The van der Waals surface area contributed by atoms with Gasteiger partial charge < -0.3 is 40.1 Å². The molecule has 0 radical (unpaired) electrons. The van der Waals surface area contributed by atoms with Gasteiger partial charge in [-0.3, -0.25) is 9.59 Å². The number of phenolic OH excluding ortho intramolecular Hbond substituents is 1. The number of likely N-dealkylation sites (N-methyl/N-ethyl adjacent to an activating group) is 1. The molecule has 10 nitrogen and oxygen atoms in total. The first-order valence-corrected chi connectivity index (χ1v) is 13.5. The Kier molecular flexibility index (Phi) is 10.4. The highest BCUT2D eigenvalue weighted by Gasteiger charge is 2.33. The maximum absolute atomic E-state index is 12.2. The van der Waals surface area contributed by atoms with Gasteiger partial charge in [0.25, 0.3) is 0 Å². The van der Waals surface area contributed by atoms with Crippen LogP contribution in [0.4, 0.5) is 5.69 Å². The van der Waals surface area contributed by atoms with Crippen LogP contribution in [0.3, 0.4) is 0 Å². The number of aliphatic hydroxyl groups is 2. The van der Waals surface area contributed by atoms with Crippen molar-refractivity contribution in [2.45, 2.75) is 50.5 Å². The number of hydrogen-bond donors (Lipinski definition) is 5. The van der Waals surface area contributed by atoms with Gasteiger partial charge in [-0.1, -0.05) is 48.5 Å². The molecule has 0 spiro atoms. The molecule has 218 valence electrons. The van der Waals surface area contributed by atoms with Crippen molar-refractivity contribution in [2.24, 2.45) is 0 Å². The average Bonchev–Trinajstić information content (AvgIpc) is 2.96. The smallest absolute Gasteiger partial charge is 0.303 e. The van der Waals surface area contributed by atoms with Gasteiger partial charge in [0.05, 0.1) is 31.3 Å². The summed E-state index contributed by atoms with van der Waals surface area (Å²) in [6, 6.07) is 21.1. The third-order valence-corrected chi connectivity index (χ3v) is 6.88. The van der Waals surface area contributed by atoms with Gasteiger partial charge >= 0.3 is 5.97 Å².